The van der Waals surface area contributed by atoms with E-state index in [4.69, 9.17) is 10.8 Å². The summed E-state index contributed by atoms with van der Waals surface area (Å²) in [5.41, 5.74) is 1.05. The van der Waals surface area contributed by atoms with Crippen LogP contribution in [0.15, 0.2) is 53.1 Å². The second kappa shape index (κ2) is 6.95. The summed E-state index contributed by atoms with van der Waals surface area (Å²) in [7, 11) is 0. The Hall–Kier alpha value is -2.02. The van der Waals surface area contributed by atoms with E-state index in [0.29, 0.717) is 6.54 Å². The number of nitrogens with zero attached hydrogens (tertiary/aromatic N) is 1. The van der Waals surface area contributed by atoms with Crippen LogP contribution in [0.4, 0.5) is 0 Å². The summed E-state index contributed by atoms with van der Waals surface area (Å²) < 4.78 is 5.40. The lowest BCUT2D eigenvalue weighted by Crippen LogP contribution is -2.37. The highest BCUT2D eigenvalue weighted by molar-refractivity contribution is 5.20. The highest BCUT2D eigenvalue weighted by Gasteiger charge is 2.24. The number of rotatable bonds is 6. The average molecular weight is 269 g/mol. The van der Waals surface area contributed by atoms with E-state index in [0.717, 1.165) is 11.3 Å². The molecule has 0 spiro atoms. The molecular formula is C17H19NO2. The van der Waals surface area contributed by atoms with Gasteiger partial charge in [-0.1, -0.05) is 36.3 Å². The van der Waals surface area contributed by atoms with Crippen molar-refractivity contribution in [3.63, 3.8) is 0 Å². The van der Waals surface area contributed by atoms with Crippen molar-refractivity contribution in [2.75, 3.05) is 6.61 Å². The van der Waals surface area contributed by atoms with Crippen LogP contribution in [0.25, 0.3) is 0 Å². The van der Waals surface area contributed by atoms with Gasteiger partial charge in [-0.25, -0.2) is 0 Å². The Morgan fingerprint density at radius 3 is 2.55 bits per heavy atom. The Kier molecular flexibility index (Phi) is 5.00. The van der Waals surface area contributed by atoms with Gasteiger partial charge in [0.15, 0.2) is 0 Å². The Bertz CT molecular complexity index is 542. The number of aliphatic hydroxyl groups excluding tert-OH is 1. The van der Waals surface area contributed by atoms with Crippen LogP contribution in [0.1, 0.15) is 24.3 Å². The quantitative estimate of drug-likeness (QED) is 0.819. The summed E-state index contributed by atoms with van der Waals surface area (Å²) in [6.07, 6.45) is 7.21. The fourth-order valence-corrected chi connectivity index (χ4v) is 2.27. The van der Waals surface area contributed by atoms with E-state index >= 15 is 0 Å². The van der Waals surface area contributed by atoms with Crippen molar-refractivity contribution in [2.45, 2.75) is 25.6 Å². The third-order valence-corrected chi connectivity index (χ3v) is 3.41. The van der Waals surface area contributed by atoms with Crippen molar-refractivity contribution in [1.29, 1.82) is 0 Å². The molecule has 0 aliphatic heterocycles. The number of benzene rings is 1. The van der Waals surface area contributed by atoms with Crippen LogP contribution in [0.3, 0.4) is 0 Å². The van der Waals surface area contributed by atoms with Gasteiger partial charge >= 0.3 is 0 Å². The van der Waals surface area contributed by atoms with Gasteiger partial charge in [0.1, 0.15) is 5.76 Å². The Morgan fingerprint density at radius 2 is 2.00 bits per heavy atom. The fraction of sp³-hybridized carbons (Fsp3) is 0.294. The predicted molar refractivity (Wildman–Crippen MR) is 78.8 cm³/mol. The number of terminal acetylenes is 1. The van der Waals surface area contributed by atoms with E-state index < -0.39 is 0 Å². The van der Waals surface area contributed by atoms with E-state index in [1.807, 2.05) is 49.4 Å². The Balaban J connectivity index is 2.27. The van der Waals surface area contributed by atoms with Gasteiger partial charge in [0.05, 0.1) is 31.5 Å². The summed E-state index contributed by atoms with van der Waals surface area (Å²) in [5.74, 6) is 3.57. The first kappa shape index (κ1) is 14.4. The molecule has 0 unspecified atom stereocenters. The maximum Gasteiger partial charge on any atom is 0.117 e. The average Bonchev–Trinajstić information content (AvgIpc) is 3.00. The van der Waals surface area contributed by atoms with Crippen LogP contribution in [0.2, 0.25) is 0 Å². The van der Waals surface area contributed by atoms with Crippen molar-refractivity contribution in [2.24, 2.45) is 0 Å². The van der Waals surface area contributed by atoms with Crippen LogP contribution in [0, 0.1) is 12.3 Å². The molecule has 104 valence electrons. The molecule has 20 heavy (non-hydrogen) atoms. The van der Waals surface area contributed by atoms with Crippen LogP contribution >= 0.6 is 0 Å². The molecule has 0 radical (unpaired) electrons. The van der Waals surface area contributed by atoms with E-state index in [9.17, 15) is 5.11 Å². The molecule has 0 aliphatic carbocycles. The summed E-state index contributed by atoms with van der Waals surface area (Å²) in [5, 5.41) is 9.78. The minimum atomic E-state index is -0.146. The summed E-state index contributed by atoms with van der Waals surface area (Å²) in [6, 6.07) is 13.4. The third kappa shape index (κ3) is 3.30. The van der Waals surface area contributed by atoms with Gasteiger partial charge in [-0.3, -0.25) is 4.90 Å². The third-order valence-electron chi connectivity index (χ3n) is 3.41. The smallest absolute Gasteiger partial charge is 0.117 e. The lowest BCUT2D eigenvalue weighted by atomic mass is 10.0. The zero-order valence-electron chi connectivity index (χ0n) is 11.6. The van der Waals surface area contributed by atoms with Crippen LogP contribution in [0.5, 0.6) is 0 Å². The van der Waals surface area contributed by atoms with Crippen molar-refractivity contribution >= 4 is 0 Å². The van der Waals surface area contributed by atoms with E-state index in [1.165, 1.54) is 0 Å². The second-order valence-corrected chi connectivity index (χ2v) is 4.70. The van der Waals surface area contributed by atoms with Gasteiger partial charge in [-0.2, -0.15) is 0 Å². The molecular weight excluding hydrogens is 250 g/mol. The summed E-state index contributed by atoms with van der Waals surface area (Å²) >= 11 is 0. The van der Waals surface area contributed by atoms with Crippen molar-refractivity contribution < 1.29 is 9.52 Å². The second-order valence-electron chi connectivity index (χ2n) is 4.70. The zero-order chi connectivity index (χ0) is 14.4. The normalized spacial score (nSPS) is 13.9. The first-order valence-electron chi connectivity index (χ1n) is 6.66. The SMILES string of the molecule is C#C[C@@H](C)N(Cc1ccco1)[C@@H](CO)c1ccccc1. The minimum Gasteiger partial charge on any atom is -0.468 e. The summed E-state index contributed by atoms with van der Waals surface area (Å²) in [4.78, 5) is 2.06. The number of hydrogen-bond donors (Lipinski definition) is 1. The van der Waals surface area contributed by atoms with Crippen LogP contribution < -0.4 is 0 Å². The maximum absolute atomic E-state index is 9.78. The molecule has 1 N–H and O–H groups in total. The first-order chi connectivity index (χ1) is 9.76. The number of aliphatic hydroxyl groups is 1. The highest BCUT2D eigenvalue weighted by Crippen LogP contribution is 2.24. The molecule has 3 heteroatoms. The molecule has 1 aromatic heterocycles. The topological polar surface area (TPSA) is 36.6 Å². The molecule has 0 saturated heterocycles. The molecule has 1 aromatic carbocycles. The molecule has 3 nitrogen and oxygen atoms in total. The van der Waals surface area contributed by atoms with E-state index in [1.54, 1.807) is 6.26 Å². The van der Waals surface area contributed by atoms with E-state index in [-0.39, 0.29) is 18.7 Å². The molecule has 0 amide bonds. The van der Waals surface area contributed by atoms with E-state index in [2.05, 4.69) is 10.8 Å². The number of furan rings is 1. The summed E-state index contributed by atoms with van der Waals surface area (Å²) in [6.45, 7) is 2.53. The lowest BCUT2D eigenvalue weighted by molar-refractivity contribution is 0.0945. The molecule has 2 atom stereocenters. The zero-order valence-corrected chi connectivity index (χ0v) is 11.6. The first-order valence-corrected chi connectivity index (χ1v) is 6.66. The van der Waals surface area contributed by atoms with Gasteiger partial charge in [0, 0.05) is 0 Å². The van der Waals surface area contributed by atoms with Crippen LogP contribution in [-0.4, -0.2) is 22.7 Å². The van der Waals surface area contributed by atoms with Crippen molar-refractivity contribution in [1.82, 2.24) is 4.90 Å². The standard InChI is InChI=1S/C17H19NO2/c1-3-14(2)18(12-16-10-7-11-20-16)17(13-19)15-8-5-4-6-9-15/h1,4-11,14,17,19H,12-13H2,2H3/t14-,17+/m1/s1. The van der Waals surface area contributed by atoms with Gasteiger partial charge < -0.3 is 9.52 Å². The lowest BCUT2D eigenvalue weighted by Gasteiger charge is -2.32. The van der Waals surface area contributed by atoms with Gasteiger partial charge in [0.25, 0.3) is 0 Å². The van der Waals surface area contributed by atoms with Crippen LogP contribution in [-0.2, 0) is 6.54 Å². The Labute approximate surface area is 119 Å². The molecule has 1 heterocycles. The molecule has 2 aromatic rings. The molecule has 0 fully saturated rings. The van der Waals surface area contributed by atoms with Gasteiger partial charge in [-0.05, 0) is 24.6 Å². The molecule has 0 saturated carbocycles. The molecule has 0 aliphatic rings. The van der Waals surface area contributed by atoms with Gasteiger partial charge in [-0.15, -0.1) is 6.42 Å². The van der Waals surface area contributed by atoms with Crippen molar-refractivity contribution in [3.05, 3.63) is 60.1 Å². The van der Waals surface area contributed by atoms with Gasteiger partial charge in [0.2, 0.25) is 0 Å². The molecule has 2 rings (SSSR count). The maximum atomic E-state index is 9.78. The minimum absolute atomic E-state index is 0.0107. The molecule has 0 bridgehead atoms. The highest BCUT2D eigenvalue weighted by atomic mass is 16.3. The predicted octanol–water partition coefficient (Wildman–Crippen LogP) is 2.84. The fourth-order valence-electron chi connectivity index (χ4n) is 2.27. The Morgan fingerprint density at radius 1 is 1.25 bits per heavy atom. The largest absolute Gasteiger partial charge is 0.468 e. The number of hydrogen-bond acceptors (Lipinski definition) is 3. The van der Waals surface area contributed by atoms with Crippen molar-refractivity contribution in [3.8, 4) is 12.3 Å². The monoisotopic (exact) mass is 269 g/mol.